The fraction of sp³-hybridized carbons (Fsp3) is 0.304. The summed E-state index contributed by atoms with van der Waals surface area (Å²) in [4.78, 5) is 20.4. The van der Waals surface area contributed by atoms with Crippen molar-refractivity contribution in [2.24, 2.45) is 0 Å². The van der Waals surface area contributed by atoms with E-state index in [4.69, 9.17) is 14.5 Å². The zero-order valence-electron chi connectivity index (χ0n) is 17.9. The lowest BCUT2D eigenvalue weighted by molar-refractivity contribution is -0.129. The van der Waals surface area contributed by atoms with Crippen LogP contribution in [0.25, 0.3) is 22.5 Å². The number of piperazine rings is 1. The second-order valence-electron chi connectivity index (χ2n) is 7.27. The Bertz CT molecular complexity index is 1080. The predicted molar refractivity (Wildman–Crippen MR) is 118 cm³/mol. The summed E-state index contributed by atoms with van der Waals surface area (Å²) in [6, 6.07) is 15.4. The molecule has 1 fully saturated rings. The van der Waals surface area contributed by atoms with Crippen LogP contribution in [-0.2, 0) is 4.79 Å². The minimum absolute atomic E-state index is 0.0872. The van der Waals surface area contributed by atoms with E-state index < -0.39 is 0 Å². The van der Waals surface area contributed by atoms with Crippen molar-refractivity contribution in [3.63, 3.8) is 0 Å². The highest BCUT2D eigenvalue weighted by molar-refractivity contribution is 5.79. The molecule has 3 aromatic rings. The van der Waals surface area contributed by atoms with Gasteiger partial charge in [0, 0.05) is 44.2 Å². The fourth-order valence-corrected chi connectivity index (χ4v) is 3.61. The molecule has 8 nitrogen and oxygen atoms in total. The van der Waals surface area contributed by atoms with Gasteiger partial charge in [0.05, 0.1) is 14.2 Å². The second-order valence-corrected chi connectivity index (χ2v) is 7.27. The molecule has 0 unspecified atom stereocenters. The minimum Gasteiger partial charge on any atom is -0.497 e. The molecule has 160 valence electrons. The largest absolute Gasteiger partial charge is 0.497 e. The third kappa shape index (κ3) is 4.42. The lowest BCUT2D eigenvalue weighted by Crippen LogP contribution is -2.48. The minimum atomic E-state index is 0.0872. The number of rotatable bonds is 5. The van der Waals surface area contributed by atoms with E-state index in [1.54, 1.807) is 21.1 Å². The summed E-state index contributed by atoms with van der Waals surface area (Å²) in [7, 11) is 3.27. The lowest BCUT2D eigenvalue weighted by Gasteiger charge is -2.34. The number of aromatic nitrogens is 3. The monoisotopic (exact) mass is 419 g/mol. The number of nitrogens with zero attached hydrogens (tertiary/aromatic N) is 5. The van der Waals surface area contributed by atoms with Gasteiger partial charge in [-0.3, -0.25) is 4.79 Å². The highest BCUT2D eigenvalue weighted by Gasteiger charge is 2.23. The first-order valence-corrected chi connectivity index (χ1v) is 10.1. The average molecular weight is 419 g/mol. The summed E-state index contributed by atoms with van der Waals surface area (Å²) in [6.07, 6.45) is 0. The van der Waals surface area contributed by atoms with Crippen LogP contribution >= 0.6 is 0 Å². The summed E-state index contributed by atoms with van der Waals surface area (Å²) in [5.74, 6) is 2.11. The molecule has 0 aliphatic carbocycles. The van der Waals surface area contributed by atoms with Crippen LogP contribution in [0.1, 0.15) is 6.92 Å². The Morgan fingerprint density at radius 3 is 1.97 bits per heavy atom. The molecule has 1 saturated heterocycles. The molecule has 1 aromatic heterocycles. The highest BCUT2D eigenvalue weighted by atomic mass is 16.5. The van der Waals surface area contributed by atoms with Gasteiger partial charge in [-0.2, -0.15) is 0 Å². The summed E-state index contributed by atoms with van der Waals surface area (Å²) in [6.45, 7) is 4.21. The van der Waals surface area contributed by atoms with Gasteiger partial charge in [-0.25, -0.2) is 4.98 Å². The number of ether oxygens (including phenoxy) is 2. The number of carbonyl (C=O) groups excluding carboxylic acids is 1. The zero-order valence-corrected chi connectivity index (χ0v) is 17.9. The number of benzene rings is 2. The molecule has 0 bridgehead atoms. The maximum atomic E-state index is 11.6. The maximum Gasteiger partial charge on any atom is 0.246 e. The number of hydrogen-bond acceptors (Lipinski definition) is 7. The van der Waals surface area contributed by atoms with Crippen molar-refractivity contribution in [3.05, 3.63) is 48.5 Å². The first-order valence-electron chi connectivity index (χ1n) is 10.1. The van der Waals surface area contributed by atoms with Crippen LogP contribution in [0.3, 0.4) is 0 Å². The van der Waals surface area contributed by atoms with Crippen molar-refractivity contribution < 1.29 is 14.3 Å². The van der Waals surface area contributed by atoms with E-state index >= 15 is 0 Å². The van der Waals surface area contributed by atoms with E-state index in [1.807, 2.05) is 53.4 Å². The molecule has 31 heavy (non-hydrogen) atoms. The third-order valence-corrected chi connectivity index (χ3v) is 5.37. The quantitative estimate of drug-likeness (QED) is 0.629. The standard InChI is InChI=1S/C23H25N5O3/c1-16(29)27-10-12-28(13-11-27)23-24-21(17-6-4-8-19(14-17)30-2)22(25-26-23)18-7-5-9-20(15-18)31-3/h4-9,14-15H,10-13H2,1-3H3. The Morgan fingerprint density at radius 1 is 0.839 bits per heavy atom. The van der Waals surface area contributed by atoms with Crippen LogP contribution in [0, 0.1) is 0 Å². The van der Waals surface area contributed by atoms with Gasteiger partial charge in [-0.05, 0) is 24.3 Å². The van der Waals surface area contributed by atoms with Gasteiger partial charge >= 0.3 is 0 Å². The highest BCUT2D eigenvalue weighted by Crippen LogP contribution is 2.33. The third-order valence-electron chi connectivity index (χ3n) is 5.37. The van der Waals surface area contributed by atoms with Gasteiger partial charge in [0.2, 0.25) is 11.9 Å². The van der Waals surface area contributed by atoms with E-state index in [1.165, 1.54) is 0 Å². The molecule has 0 atom stereocenters. The molecule has 0 radical (unpaired) electrons. The molecule has 2 aromatic carbocycles. The number of anilines is 1. The lowest BCUT2D eigenvalue weighted by atomic mass is 10.0. The van der Waals surface area contributed by atoms with Gasteiger partial charge in [-0.1, -0.05) is 24.3 Å². The van der Waals surface area contributed by atoms with Crippen molar-refractivity contribution >= 4 is 11.9 Å². The van der Waals surface area contributed by atoms with E-state index in [0.29, 0.717) is 43.5 Å². The fourth-order valence-electron chi connectivity index (χ4n) is 3.61. The summed E-state index contributed by atoms with van der Waals surface area (Å²) in [5.41, 5.74) is 3.13. The Balaban J connectivity index is 1.76. The van der Waals surface area contributed by atoms with Crippen LogP contribution in [0.4, 0.5) is 5.95 Å². The van der Waals surface area contributed by atoms with E-state index in [0.717, 1.165) is 22.6 Å². The number of hydrogen-bond donors (Lipinski definition) is 0. The van der Waals surface area contributed by atoms with E-state index in [9.17, 15) is 4.79 Å². The van der Waals surface area contributed by atoms with Gasteiger partial charge < -0.3 is 19.3 Å². The van der Waals surface area contributed by atoms with Crippen LogP contribution in [0.15, 0.2) is 48.5 Å². The summed E-state index contributed by atoms with van der Waals surface area (Å²) in [5, 5.41) is 8.98. The summed E-state index contributed by atoms with van der Waals surface area (Å²) >= 11 is 0. The van der Waals surface area contributed by atoms with Crippen molar-refractivity contribution in [2.45, 2.75) is 6.92 Å². The molecule has 8 heteroatoms. The van der Waals surface area contributed by atoms with Crippen molar-refractivity contribution in [3.8, 4) is 34.0 Å². The number of carbonyl (C=O) groups is 1. The van der Waals surface area contributed by atoms with Gasteiger partial charge in [0.1, 0.15) is 22.9 Å². The molecule has 0 spiro atoms. The smallest absolute Gasteiger partial charge is 0.246 e. The Morgan fingerprint density at radius 2 is 1.42 bits per heavy atom. The van der Waals surface area contributed by atoms with E-state index in [2.05, 4.69) is 15.1 Å². The van der Waals surface area contributed by atoms with Crippen molar-refractivity contribution in [1.29, 1.82) is 0 Å². The first-order chi connectivity index (χ1) is 15.1. The Labute approximate surface area is 181 Å². The molecule has 4 rings (SSSR count). The Kier molecular flexibility index (Phi) is 5.97. The van der Waals surface area contributed by atoms with Crippen LogP contribution < -0.4 is 14.4 Å². The maximum absolute atomic E-state index is 11.6. The average Bonchev–Trinajstić information content (AvgIpc) is 2.83. The molecule has 1 aliphatic rings. The first kappa shape index (κ1) is 20.6. The molecular weight excluding hydrogens is 394 g/mol. The summed E-state index contributed by atoms with van der Waals surface area (Å²) < 4.78 is 10.8. The van der Waals surface area contributed by atoms with Crippen molar-refractivity contribution in [2.75, 3.05) is 45.3 Å². The van der Waals surface area contributed by atoms with Gasteiger partial charge in [0.25, 0.3) is 0 Å². The molecule has 1 amide bonds. The number of amides is 1. The van der Waals surface area contributed by atoms with Crippen molar-refractivity contribution in [1.82, 2.24) is 20.1 Å². The molecule has 2 heterocycles. The topological polar surface area (TPSA) is 80.7 Å². The van der Waals surface area contributed by atoms with Crippen LogP contribution in [-0.4, -0.2) is 66.4 Å². The molecular formula is C23H25N5O3. The van der Waals surface area contributed by atoms with Crippen LogP contribution in [0.2, 0.25) is 0 Å². The van der Waals surface area contributed by atoms with Gasteiger partial charge in [-0.15, -0.1) is 10.2 Å². The normalized spacial score (nSPS) is 13.8. The molecule has 0 saturated carbocycles. The predicted octanol–water partition coefficient (Wildman–Crippen LogP) is 2.89. The Hall–Kier alpha value is -3.68. The SMILES string of the molecule is COc1cccc(-c2nnc(N3CCN(C(C)=O)CC3)nc2-c2cccc(OC)c2)c1. The number of methoxy groups -OCH3 is 2. The van der Waals surface area contributed by atoms with E-state index in [-0.39, 0.29) is 5.91 Å². The second kappa shape index (κ2) is 8.99. The molecule has 0 N–H and O–H groups in total. The van der Waals surface area contributed by atoms with Crippen LogP contribution in [0.5, 0.6) is 11.5 Å². The van der Waals surface area contributed by atoms with Gasteiger partial charge in [0.15, 0.2) is 0 Å². The zero-order chi connectivity index (χ0) is 21.8. The molecule has 1 aliphatic heterocycles.